The summed E-state index contributed by atoms with van der Waals surface area (Å²) in [5, 5.41) is 14.4. The number of nitrogens with zero attached hydrogens (tertiary/aromatic N) is 2. The molecule has 0 saturated carbocycles. The van der Waals surface area contributed by atoms with Gasteiger partial charge in [0.1, 0.15) is 11.1 Å². The molecule has 27 heavy (non-hydrogen) atoms. The molecule has 0 bridgehead atoms. The largest absolute Gasteiger partial charge is 0.506 e. The van der Waals surface area contributed by atoms with Crippen molar-refractivity contribution < 1.29 is 19.1 Å². The smallest absolute Gasteiger partial charge is 0.362 e. The molecular weight excluding hydrogens is 352 g/mol. The summed E-state index contributed by atoms with van der Waals surface area (Å²) in [6.07, 6.45) is 1.67. The van der Waals surface area contributed by atoms with Crippen LogP contribution in [0.2, 0.25) is 0 Å². The fraction of sp³-hybridized carbons (Fsp3) is 0.263. The van der Waals surface area contributed by atoms with E-state index in [0.29, 0.717) is 12.1 Å². The molecule has 8 heteroatoms. The number of para-hydroxylation sites is 1. The van der Waals surface area contributed by atoms with E-state index in [9.17, 15) is 19.5 Å². The maximum Gasteiger partial charge on any atom is 0.362 e. The minimum atomic E-state index is -0.895. The van der Waals surface area contributed by atoms with Crippen LogP contribution in [0.1, 0.15) is 35.8 Å². The number of hydrogen-bond donors (Lipinski definition) is 1. The summed E-state index contributed by atoms with van der Waals surface area (Å²) in [6, 6.07) is 8.40. The number of fused-ring (bicyclic) bond motifs is 1. The number of rotatable bonds is 5. The number of unbranched alkanes of at least 4 members (excludes halogenated alkanes) is 1. The first-order valence-corrected chi connectivity index (χ1v) is 8.45. The number of esters is 1. The van der Waals surface area contributed by atoms with E-state index in [1.54, 1.807) is 30.3 Å². The van der Waals surface area contributed by atoms with E-state index in [1.807, 2.05) is 6.92 Å². The van der Waals surface area contributed by atoms with Crippen LogP contribution in [0.3, 0.4) is 0 Å². The molecule has 0 aliphatic heterocycles. The molecule has 0 unspecified atom stereocenters. The zero-order valence-corrected chi connectivity index (χ0v) is 14.9. The Labute approximate surface area is 153 Å². The number of carbonyl (C=O) groups is 1. The van der Waals surface area contributed by atoms with Gasteiger partial charge in [-0.25, -0.2) is 9.59 Å². The first-order chi connectivity index (χ1) is 13.0. The molecule has 2 aromatic heterocycles. The van der Waals surface area contributed by atoms with E-state index in [4.69, 9.17) is 4.42 Å². The molecular formula is C19H18N2O6. The molecule has 0 spiro atoms. The van der Waals surface area contributed by atoms with E-state index in [0.717, 1.165) is 18.2 Å². The van der Waals surface area contributed by atoms with Crippen molar-refractivity contribution in [3.8, 4) is 11.4 Å². The molecule has 2 heterocycles. The molecule has 3 aromatic rings. The van der Waals surface area contributed by atoms with Gasteiger partial charge >= 0.3 is 11.6 Å². The van der Waals surface area contributed by atoms with Gasteiger partial charge in [0.2, 0.25) is 5.69 Å². The molecule has 0 radical (unpaired) electrons. The van der Waals surface area contributed by atoms with Gasteiger partial charge in [-0.15, -0.1) is 0 Å². The van der Waals surface area contributed by atoms with Crippen molar-refractivity contribution in [1.29, 1.82) is 0 Å². The lowest BCUT2D eigenvalue weighted by Gasteiger charge is -2.11. The number of aromatic hydroxyl groups is 1. The predicted octanol–water partition coefficient (Wildman–Crippen LogP) is 2.17. The Morgan fingerprint density at radius 3 is 2.59 bits per heavy atom. The maximum atomic E-state index is 13.0. The number of benzene rings is 1. The lowest BCUT2D eigenvalue weighted by atomic mass is 10.1. The van der Waals surface area contributed by atoms with E-state index >= 15 is 0 Å². The van der Waals surface area contributed by atoms with Gasteiger partial charge in [-0.3, -0.25) is 4.79 Å². The van der Waals surface area contributed by atoms with Crippen molar-refractivity contribution >= 4 is 16.9 Å². The highest BCUT2D eigenvalue weighted by atomic mass is 16.5. The molecule has 0 amide bonds. The van der Waals surface area contributed by atoms with Gasteiger partial charge in [0, 0.05) is 0 Å². The standard InChI is InChI=1S/C19H18N2O6/c1-3-4-10-12-15(22)13-16(27-18(12)24)14(19(25)26-2)20-21(17(13)23)11-8-6-5-7-9-11/h5-9,22H,3-4,10H2,1-2H3. The van der Waals surface area contributed by atoms with Gasteiger partial charge in [-0.1, -0.05) is 31.5 Å². The Bertz CT molecular complexity index is 1110. The quantitative estimate of drug-likeness (QED) is 0.685. The molecule has 8 nitrogen and oxygen atoms in total. The fourth-order valence-electron chi connectivity index (χ4n) is 2.77. The minimum Gasteiger partial charge on any atom is -0.506 e. The highest BCUT2D eigenvalue weighted by Gasteiger charge is 2.25. The highest BCUT2D eigenvalue weighted by molar-refractivity contribution is 6.01. The third kappa shape index (κ3) is 3.21. The Morgan fingerprint density at radius 1 is 1.26 bits per heavy atom. The van der Waals surface area contributed by atoms with Crippen molar-refractivity contribution in [2.45, 2.75) is 26.2 Å². The van der Waals surface area contributed by atoms with Crippen LogP contribution in [-0.4, -0.2) is 28.0 Å². The van der Waals surface area contributed by atoms with Crippen molar-refractivity contribution in [3.63, 3.8) is 0 Å². The van der Waals surface area contributed by atoms with Crippen LogP contribution in [0.15, 0.2) is 44.3 Å². The van der Waals surface area contributed by atoms with Crippen molar-refractivity contribution in [2.24, 2.45) is 0 Å². The van der Waals surface area contributed by atoms with Gasteiger partial charge in [0.15, 0.2) is 5.58 Å². The van der Waals surface area contributed by atoms with Gasteiger partial charge in [-0.05, 0) is 25.0 Å². The number of aromatic nitrogens is 2. The van der Waals surface area contributed by atoms with E-state index in [2.05, 4.69) is 9.84 Å². The van der Waals surface area contributed by atoms with Crippen LogP contribution in [0.4, 0.5) is 0 Å². The van der Waals surface area contributed by atoms with Crippen LogP contribution in [0.5, 0.6) is 5.75 Å². The molecule has 0 aliphatic carbocycles. The second kappa shape index (κ2) is 7.45. The Balaban J connectivity index is 2.44. The molecule has 0 atom stereocenters. The van der Waals surface area contributed by atoms with Crippen LogP contribution >= 0.6 is 0 Å². The van der Waals surface area contributed by atoms with Crippen molar-refractivity contribution in [2.75, 3.05) is 7.11 Å². The molecule has 0 aliphatic rings. The number of methoxy groups -OCH3 is 1. The maximum absolute atomic E-state index is 13.0. The topological polar surface area (TPSA) is 112 Å². The van der Waals surface area contributed by atoms with Crippen LogP contribution in [0.25, 0.3) is 16.7 Å². The van der Waals surface area contributed by atoms with E-state index in [1.165, 1.54) is 0 Å². The van der Waals surface area contributed by atoms with Gasteiger partial charge in [0.05, 0.1) is 18.4 Å². The third-order valence-corrected chi connectivity index (χ3v) is 4.17. The van der Waals surface area contributed by atoms with Crippen LogP contribution in [0, 0.1) is 0 Å². The number of ether oxygens (including phenoxy) is 1. The van der Waals surface area contributed by atoms with Gasteiger partial charge in [-0.2, -0.15) is 9.78 Å². The number of carbonyl (C=O) groups excluding carboxylic acids is 1. The summed E-state index contributed by atoms with van der Waals surface area (Å²) in [7, 11) is 1.14. The summed E-state index contributed by atoms with van der Waals surface area (Å²) < 4.78 is 10.9. The second-order valence-corrected chi connectivity index (χ2v) is 5.92. The summed E-state index contributed by atoms with van der Waals surface area (Å²) >= 11 is 0. The molecule has 1 N–H and O–H groups in total. The lowest BCUT2D eigenvalue weighted by molar-refractivity contribution is 0.0592. The first kappa shape index (κ1) is 18.4. The van der Waals surface area contributed by atoms with Crippen molar-refractivity contribution in [3.05, 3.63) is 62.4 Å². The average molecular weight is 370 g/mol. The summed E-state index contributed by atoms with van der Waals surface area (Å²) in [4.78, 5) is 37.4. The van der Waals surface area contributed by atoms with E-state index in [-0.39, 0.29) is 28.6 Å². The first-order valence-electron chi connectivity index (χ1n) is 8.45. The molecule has 1 aromatic carbocycles. The SMILES string of the molecule is CCCCc1c(O)c2c(=O)n(-c3ccccc3)nc(C(=O)OC)c2oc1=O. The summed E-state index contributed by atoms with van der Waals surface area (Å²) in [6.45, 7) is 1.93. The predicted molar refractivity (Wildman–Crippen MR) is 97.5 cm³/mol. The second-order valence-electron chi connectivity index (χ2n) is 5.92. The monoisotopic (exact) mass is 370 g/mol. The molecule has 0 fully saturated rings. The van der Waals surface area contributed by atoms with E-state index < -0.39 is 22.9 Å². The van der Waals surface area contributed by atoms with Crippen molar-refractivity contribution in [1.82, 2.24) is 9.78 Å². The van der Waals surface area contributed by atoms with Crippen LogP contribution < -0.4 is 11.2 Å². The average Bonchev–Trinajstić information content (AvgIpc) is 2.68. The zero-order chi connectivity index (χ0) is 19.6. The Hall–Kier alpha value is -3.42. The normalized spacial score (nSPS) is 10.9. The van der Waals surface area contributed by atoms with Crippen LogP contribution in [-0.2, 0) is 11.2 Å². The highest BCUT2D eigenvalue weighted by Crippen LogP contribution is 2.26. The third-order valence-electron chi connectivity index (χ3n) is 4.17. The van der Waals surface area contributed by atoms with Gasteiger partial charge in [0.25, 0.3) is 5.56 Å². The Morgan fingerprint density at radius 2 is 1.96 bits per heavy atom. The van der Waals surface area contributed by atoms with Gasteiger partial charge < -0.3 is 14.3 Å². The zero-order valence-electron chi connectivity index (χ0n) is 14.9. The lowest BCUT2D eigenvalue weighted by Crippen LogP contribution is -2.26. The summed E-state index contributed by atoms with van der Waals surface area (Å²) in [5.74, 6) is -1.38. The summed E-state index contributed by atoms with van der Waals surface area (Å²) in [5.41, 5.74) is -1.88. The molecule has 3 rings (SSSR count). The molecule has 0 saturated heterocycles. The molecule has 140 valence electrons. The number of hydrogen-bond acceptors (Lipinski definition) is 7. The minimum absolute atomic E-state index is 0.00285. The Kier molecular flexibility index (Phi) is 5.07. The fourth-order valence-corrected chi connectivity index (χ4v) is 2.77.